The summed E-state index contributed by atoms with van der Waals surface area (Å²) in [6.07, 6.45) is 0. The summed E-state index contributed by atoms with van der Waals surface area (Å²) in [6, 6.07) is 4.20. The summed E-state index contributed by atoms with van der Waals surface area (Å²) in [5.74, 6) is 0.00552. The first-order chi connectivity index (χ1) is 7.99. The van der Waals surface area contributed by atoms with Gasteiger partial charge in [-0.05, 0) is 24.6 Å². The maximum atomic E-state index is 12.9. The molecular formula is C11H10Cl2FN3. The molecule has 0 aliphatic rings. The number of benzene rings is 1. The highest BCUT2D eigenvalue weighted by molar-refractivity contribution is 6.33. The molecule has 17 heavy (non-hydrogen) atoms. The summed E-state index contributed by atoms with van der Waals surface area (Å²) in [4.78, 5) is 0. The minimum absolute atomic E-state index is 0.341. The van der Waals surface area contributed by atoms with Gasteiger partial charge in [0.05, 0.1) is 12.2 Å². The predicted octanol–water partition coefficient (Wildman–Crippen LogP) is 3.27. The van der Waals surface area contributed by atoms with E-state index in [1.807, 2.05) is 0 Å². The largest absolute Gasteiger partial charge is 0.383 e. The molecule has 1 heterocycles. The lowest BCUT2D eigenvalue weighted by molar-refractivity contribution is 0.624. The Bertz CT molecular complexity index is 566. The van der Waals surface area contributed by atoms with Crippen LogP contribution in [0.1, 0.15) is 11.3 Å². The van der Waals surface area contributed by atoms with Crippen LogP contribution in [0.4, 0.5) is 10.2 Å². The number of aryl methyl sites for hydroxylation is 1. The number of aromatic nitrogens is 2. The van der Waals surface area contributed by atoms with Gasteiger partial charge < -0.3 is 5.73 Å². The van der Waals surface area contributed by atoms with E-state index in [-0.39, 0.29) is 5.82 Å². The Balaban J connectivity index is 2.34. The number of nitrogens with two attached hydrogens (primary N) is 1. The maximum absolute atomic E-state index is 12.9. The summed E-state index contributed by atoms with van der Waals surface area (Å²) in [7, 11) is 0. The Morgan fingerprint density at radius 1 is 1.41 bits per heavy atom. The van der Waals surface area contributed by atoms with Crippen molar-refractivity contribution in [2.75, 3.05) is 5.73 Å². The van der Waals surface area contributed by atoms with E-state index in [9.17, 15) is 4.39 Å². The summed E-state index contributed by atoms with van der Waals surface area (Å²) < 4.78 is 14.4. The quantitative estimate of drug-likeness (QED) is 0.913. The van der Waals surface area contributed by atoms with E-state index in [0.717, 1.165) is 5.56 Å². The number of hydrogen-bond donors (Lipinski definition) is 1. The summed E-state index contributed by atoms with van der Waals surface area (Å²) >= 11 is 11.9. The van der Waals surface area contributed by atoms with Crippen LogP contribution in [0.5, 0.6) is 0 Å². The van der Waals surface area contributed by atoms with Crippen molar-refractivity contribution >= 4 is 29.0 Å². The Labute approximate surface area is 108 Å². The highest BCUT2D eigenvalue weighted by atomic mass is 35.5. The molecule has 0 saturated carbocycles. The molecule has 1 aromatic carbocycles. The van der Waals surface area contributed by atoms with Crippen molar-refractivity contribution in [3.05, 3.63) is 45.3 Å². The van der Waals surface area contributed by atoms with Crippen LogP contribution in [-0.2, 0) is 6.54 Å². The first kappa shape index (κ1) is 12.2. The van der Waals surface area contributed by atoms with Crippen LogP contribution in [0.25, 0.3) is 0 Å². The van der Waals surface area contributed by atoms with Crippen molar-refractivity contribution in [3.63, 3.8) is 0 Å². The first-order valence-electron chi connectivity index (χ1n) is 4.91. The molecule has 0 aliphatic heterocycles. The second-order valence-corrected chi connectivity index (χ2v) is 4.46. The second-order valence-electron chi connectivity index (χ2n) is 3.68. The number of nitrogens with zero attached hydrogens (tertiary/aromatic N) is 2. The van der Waals surface area contributed by atoms with Gasteiger partial charge in [-0.25, -0.2) is 9.07 Å². The number of nitrogen functional groups attached to an aromatic ring is 1. The number of anilines is 1. The van der Waals surface area contributed by atoms with E-state index in [0.29, 0.717) is 28.1 Å². The van der Waals surface area contributed by atoms with Gasteiger partial charge >= 0.3 is 0 Å². The zero-order valence-corrected chi connectivity index (χ0v) is 10.6. The van der Waals surface area contributed by atoms with Gasteiger partial charge in [-0.1, -0.05) is 29.3 Å². The maximum Gasteiger partial charge on any atom is 0.141 e. The SMILES string of the molecule is Cc1nn(Cc2ccc(F)cc2Cl)c(N)c1Cl. The van der Waals surface area contributed by atoms with Crippen molar-refractivity contribution in [1.29, 1.82) is 0 Å². The number of halogens is 3. The Hall–Kier alpha value is -1.26. The van der Waals surface area contributed by atoms with E-state index in [4.69, 9.17) is 28.9 Å². The Morgan fingerprint density at radius 2 is 2.12 bits per heavy atom. The molecule has 1 aromatic heterocycles. The van der Waals surface area contributed by atoms with E-state index >= 15 is 0 Å². The van der Waals surface area contributed by atoms with Crippen LogP contribution in [0.15, 0.2) is 18.2 Å². The van der Waals surface area contributed by atoms with Gasteiger partial charge in [0.25, 0.3) is 0 Å². The van der Waals surface area contributed by atoms with Crippen molar-refractivity contribution in [2.45, 2.75) is 13.5 Å². The molecule has 0 saturated heterocycles. The number of rotatable bonds is 2. The third-order valence-corrected chi connectivity index (χ3v) is 3.25. The molecule has 6 heteroatoms. The summed E-state index contributed by atoms with van der Waals surface area (Å²) in [5, 5.41) is 4.95. The fourth-order valence-corrected chi connectivity index (χ4v) is 1.87. The van der Waals surface area contributed by atoms with Crippen molar-refractivity contribution in [2.24, 2.45) is 0 Å². The lowest BCUT2D eigenvalue weighted by Crippen LogP contribution is -2.06. The zero-order chi connectivity index (χ0) is 12.6. The molecule has 0 radical (unpaired) electrons. The van der Waals surface area contributed by atoms with Crippen LogP contribution in [0.2, 0.25) is 10.0 Å². The monoisotopic (exact) mass is 273 g/mol. The lowest BCUT2D eigenvalue weighted by Gasteiger charge is -2.06. The van der Waals surface area contributed by atoms with Crippen LogP contribution in [0, 0.1) is 12.7 Å². The first-order valence-corrected chi connectivity index (χ1v) is 5.67. The van der Waals surface area contributed by atoms with Gasteiger partial charge in [0.2, 0.25) is 0 Å². The van der Waals surface area contributed by atoms with Crippen LogP contribution in [-0.4, -0.2) is 9.78 Å². The molecule has 3 nitrogen and oxygen atoms in total. The smallest absolute Gasteiger partial charge is 0.141 e. The van der Waals surface area contributed by atoms with Crippen molar-refractivity contribution < 1.29 is 4.39 Å². The van der Waals surface area contributed by atoms with Gasteiger partial charge in [0, 0.05) is 5.02 Å². The third kappa shape index (κ3) is 2.37. The molecule has 2 aromatic rings. The topological polar surface area (TPSA) is 43.8 Å². The zero-order valence-electron chi connectivity index (χ0n) is 9.04. The summed E-state index contributed by atoms with van der Waals surface area (Å²) in [5.41, 5.74) is 7.17. The van der Waals surface area contributed by atoms with Crippen molar-refractivity contribution in [1.82, 2.24) is 9.78 Å². The van der Waals surface area contributed by atoms with Crippen LogP contribution >= 0.6 is 23.2 Å². The average molecular weight is 274 g/mol. The van der Waals surface area contributed by atoms with E-state index < -0.39 is 0 Å². The highest BCUT2D eigenvalue weighted by Gasteiger charge is 2.11. The van der Waals surface area contributed by atoms with E-state index in [1.54, 1.807) is 13.0 Å². The van der Waals surface area contributed by atoms with Gasteiger partial charge in [-0.2, -0.15) is 5.10 Å². The van der Waals surface area contributed by atoms with Gasteiger partial charge in [-0.15, -0.1) is 0 Å². The molecule has 0 aliphatic carbocycles. The average Bonchev–Trinajstić information content (AvgIpc) is 2.50. The van der Waals surface area contributed by atoms with Crippen LogP contribution < -0.4 is 5.73 Å². The third-order valence-electron chi connectivity index (χ3n) is 2.43. The van der Waals surface area contributed by atoms with Crippen molar-refractivity contribution in [3.8, 4) is 0 Å². The highest BCUT2D eigenvalue weighted by Crippen LogP contribution is 2.25. The Morgan fingerprint density at radius 3 is 2.65 bits per heavy atom. The molecule has 90 valence electrons. The fraction of sp³-hybridized carbons (Fsp3) is 0.182. The molecule has 0 unspecified atom stereocenters. The molecule has 0 amide bonds. The standard InChI is InChI=1S/C11H10Cl2FN3/c1-6-10(13)11(15)17(16-6)5-7-2-3-8(14)4-9(7)12/h2-4H,5,15H2,1H3. The molecular weight excluding hydrogens is 264 g/mol. The van der Waals surface area contributed by atoms with Gasteiger partial charge in [0.1, 0.15) is 16.7 Å². The minimum atomic E-state index is -0.374. The van der Waals surface area contributed by atoms with E-state index in [1.165, 1.54) is 16.8 Å². The molecule has 2 N–H and O–H groups in total. The molecule has 2 rings (SSSR count). The Kier molecular flexibility index (Phi) is 3.26. The second kappa shape index (κ2) is 4.55. The molecule has 0 atom stereocenters. The molecule has 0 bridgehead atoms. The number of hydrogen-bond acceptors (Lipinski definition) is 2. The minimum Gasteiger partial charge on any atom is -0.383 e. The van der Waals surface area contributed by atoms with Gasteiger partial charge in [-0.3, -0.25) is 0 Å². The summed E-state index contributed by atoms with van der Waals surface area (Å²) in [6.45, 7) is 2.12. The van der Waals surface area contributed by atoms with Gasteiger partial charge in [0.15, 0.2) is 0 Å². The normalized spacial score (nSPS) is 10.8. The fourth-order valence-electron chi connectivity index (χ4n) is 1.51. The lowest BCUT2D eigenvalue weighted by atomic mass is 10.2. The predicted molar refractivity (Wildman–Crippen MR) is 66.9 cm³/mol. The van der Waals surface area contributed by atoms with E-state index in [2.05, 4.69) is 5.10 Å². The van der Waals surface area contributed by atoms with Crippen LogP contribution in [0.3, 0.4) is 0 Å². The molecule has 0 fully saturated rings. The molecule has 0 spiro atoms.